The molecule has 0 radical (unpaired) electrons. The minimum Gasteiger partial charge on any atom is -0.319 e. The Kier molecular flexibility index (Phi) is 6.04. The molecule has 0 aromatic heterocycles. The number of hydrogen-bond acceptors (Lipinski definition) is 1. The number of halogens is 3. The molecule has 0 heterocycles. The van der Waals surface area contributed by atoms with Crippen LogP contribution in [-0.4, -0.2) is 13.6 Å². The van der Waals surface area contributed by atoms with E-state index in [9.17, 15) is 4.39 Å². The normalized spacial score (nSPS) is 12.4. The zero-order valence-corrected chi connectivity index (χ0v) is 13.4. The van der Waals surface area contributed by atoms with Crippen molar-refractivity contribution in [3.8, 4) is 0 Å². The Bertz CT molecular complexity index is 601. The minimum absolute atomic E-state index is 0.198. The highest BCUT2D eigenvalue weighted by atomic mass is 35.5. The van der Waals surface area contributed by atoms with Gasteiger partial charge in [0.15, 0.2) is 0 Å². The van der Waals surface area contributed by atoms with Crippen LogP contribution in [0.4, 0.5) is 4.39 Å². The second-order valence-electron chi connectivity index (χ2n) is 5.17. The molecule has 0 amide bonds. The van der Waals surface area contributed by atoms with Crippen molar-refractivity contribution < 1.29 is 4.39 Å². The van der Waals surface area contributed by atoms with E-state index in [0.29, 0.717) is 16.0 Å². The number of nitrogens with one attached hydrogen (secondary N) is 1. The summed E-state index contributed by atoms with van der Waals surface area (Å²) < 4.78 is 13.3. The van der Waals surface area contributed by atoms with Crippen molar-refractivity contribution >= 4 is 23.2 Å². The minimum atomic E-state index is -0.198. The predicted molar refractivity (Wildman–Crippen MR) is 87.7 cm³/mol. The fraction of sp³-hybridized carbons (Fsp3) is 0.294. The highest BCUT2D eigenvalue weighted by Crippen LogP contribution is 2.28. The first-order chi connectivity index (χ1) is 10.1. The van der Waals surface area contributed by atoms with Gasteiger partial charge < -0.3 is 5.32 Å². The van der Waals surface area contributed by atoms with Gasteiger partial charge in [-0.1, -0.05) is 47.5 Å². The van der Waals surface area contributed by atoms with Gasteiger partial charge in [0.05, 0.1) is 10.0 Å². The van der Waals surface area contributed by atoms with E-state index >= 15 is 0 Å². The van der Waals surface area contributed by atoms with Crippen molar-refractivity contribution in [3.63, 3.8) is 0 Å². The molecule has 0 aliphatic heterocycles. The lowest BCUT2D eigenvalue weighted by atomic mass is 9.92. The summed E-state index contributed by atoms with van der Waals surface area (Å²) in [7, 11) is 1.91. The van der Waals surface area contributed by atoms with Gasteiger partial charge in [-0.3, -0.25) is 0 Å². The standard InChI is InChI=1S/C17H18Cl2FN/c1-21-11-13(8-12-4-2-6-15(20)10-12)9-14-5-3-7-16(18)17(14)19/h2-7,10,13,21H,8-9,11H2,1H3. The van der Waals surface area contributed by atoms with Gasteiger partial charge in [-0.05, 0) is 61.7 Å². The summed E-state index contributed by atoms with van der Waals surface area (Å²) in [4.78, 5) is 0. The van der Waals surface area contributed by atoms with Crippen LogP contribution in [0.25, 0.3) is 0 Å². The molecule has 1 nitrogen and oxygen atoms in total. The third-order valence-corrected chi connectivity index (χ3v) is 4.30. The Labute approximate surface area is 135 Å². The highest BCUT2D eigenvalue weighted by molar-refractivity contribution is 6.42. The van der Waals surface area contributed by atoms with Gasteiger partial charge in [0.25, 0.3) is 0 Å². The molecule has 1 N–H and O–H groups in total. The smallest absolute Gasteiger partial charge is 0.123 e. The summed E-state index contributed by atoms with van der Waals surface area (Å²) in [5, 5.41) is 4.37. The summed E-state index contributed by atoms with van der Waals surface area (Å²) in [6.07, 6.45) is 1.60. The van der Waals surface area contributed by atoms with Crippen molar-refractivity contribution in [2.45, 2.75) is 12.8 Å². The molecule has 0 aliphatic rings. The van der Waals surface area contributed by atoms with E-state index in [4.69, 9.17) is 23.2 Å². The van der Waals surface area contributed by atoms with Gasteiger partial charge in [-0.15, -0.1) is 0 Å². The second-order valence-corrected chi connectivity index (χ2v) is 5.96. The molecule has 2 aromatic rings. The number of hydrogen-bond donors (Lipinski definition) is 1. The summed E-state index contributed by atoms with van der Waals surface area (Å²) in [6.45, 7) is 0.833. The molecule has 0 saturated carbocycles. The Hall–Kier alpha value is -1.09. The lowest BCUT2D eigenvalue weighted by molar-refractivity contribution is 0.492. The van der Waals surface area contributed by atoms with E-state index < -0.39 is 0 Å². The van der Waals surface area contributed by atoms with E-state index in [1.54, 1.807) is 18.2 Å². The van der Waals surface area contributed by atoms with Gasteiger partial charge in [0.1, 0.15) is 5.82 Å². The van der Waals surface area contributed by atoms with Crippen molar-refractivity contribution in [2.75, 3.05) is 13.6 Å². The maximum atomic E-state index is 13.3. The van der Waals surface area contributed by atoms with Gasteiger partial charge in [0.2, 0.25) is 0 Å². The van der Waals surface area contributed by atoms with Crippen LogP contribution >= 0.6 is 23.2 Å². The molecule has 2 rings (SSSR count). The van der Waals surface area contributed by atoms with Crippen LogP contribution in [0.1, 0.15) is 11.1 Å². The van der Waals surface area contributed by atoms with Crippen LogP contribution in [0.15, 0.2) is 42.5 Å². The number of benzene rings is 2. The van der Waals surface area contributed by atoms with Crippen LogP contribution in [0, 0.1) is 11.7 Å². The maximum absolute atomic E-state index is 13.3. The van der Waals surface area contributed by atoms with Crippen LogP contribution in [0.3, 0.4) is 0 Å². The lowest BCUT2D eigenvalue weighted by Gasteiger charge is -2.18. The molecule has 0 saturated heterocycles. The third kappa shape index (κ3) is 4.70. The number of rotatable bonds is 6. The van der Waals surface area contributed by atoms with Gasteiger partial charge >= 0.3 is 0 Å². The molecular weight excluding hydrogens is 308 g/mol. The SMILES string of the molecule is CNCC(Cc1cccc(F)c1)Cc1cccc(Cl)c1Cl. The molecular formula is C17H18Cl2FN. The zero-order chi connectivity index (χ0) is 15.2. The first-order valence-corrected chi connectivity index (χ1v) is 7.67. The Morgan fingerprint density at radius 1 is 1.10 bits per heavy atom. The molecule has 2 aromatic carbocycles. The maximum Gasteiger partial charge on any atom is 0.123 e. The predicted octanol–water partition coefficient (Wildman–Crippen LogP) is 4.75. The van der Waals surface area contributed by atoms with Gasteiger partial charge in [-0.2, -0.15) is 0 Å². The van der Waals surface area contributed by atoms with Gasteiger partial charge in [0, 0.05) is 0 Å². The summed E-state index contributed by atoms with van der Waals surface area (Å²) in [5.41, 5.74) is 2.02. The van der Waals surface area contributed by atoms with Crippen LogP contribution < -0.4 is 5.32 Å². The molecule has 112 valence electrons. The Balaban J connectivity index is 2.13. The van der Waals surface area contributed by atoms with Crippen molar-refractivity contribution in [3.05, 3.63) is 69.5 Å². The molecule has 0 aliphatic carbocycles. The van der Waals surface area contributed by atoms with Crippen LogP contribution in [0.5, 0.6) is 0 Å². The quantitative estimate of drug-likeness (QED) is 0.807. The molecule has 0 bridgehead atoms. The Morgan fingerprint density at radius 3 is 2.57 bits per heavy atom. The fourth-order valence-corrected chi connectivity index (χ4v) is 2.92. The average Bonchev–Trinajstić information content (AvgIpc) is 2.44. The van der Waals surface area contributed by atoms with E-state index in [2.05, 4.69) is 5.32 Å². The summed E-state index contributed by atoms with van der Waals surface area (Å²) >= 11 is 12.3. The van der Waals surface area contributed by atoms with Crippen molar-refractivity contribution in [1.82, 2.24) is 5.32 Å². The average molecular weight is 326 g/mol. The molecule has 21 heavy (non-hydrogen) atoms. The largest absolute Gasteiger partial charge is 0.319 e. The van der Waals surface area contributed by atoms with E-state index in [1.165, 1.54) is 6.07 Å². The molecule has 1 atom stereocenters. The Morgan fingerprint density at radius 2 is 1.86 bits per heavy atom. The summed E-state index contributed by atoms with van der Waals surface area (Å²) in [6, 6.07) is 12.4. The van der Waals surface area contributed by atoms with E-state index in [-0.39, 0.29) is 5.82 Å². The molecule has 1 unspecified atom stereocenters. The summed E-state index contributed by atoms with van der Waals surface area (Å²) in [5.74, 6) is 0.129. The first kappa shape index (κ1) is 16.3. The van der Waals surface area contributed by atoms with Crippen LogP contribution in [-0.2, 0) is 12.8 Å². The second kappa shape index (κ2) is 7.79. The highest BCUT2D eigenvalue weighted by Gasteiger charge is 2.13. The lowest BCUT2D eigenvalue weighted by Crippen LogP contribution is -2.23. The fourth-order valence-electron chi connectivity index (χ4n) is 2.52. The molecule has 4 heteroatoms. The van der Waals surface area contributed by atoms with Crippen molar-refractivity contribution in [1.29, 1.82) is 0 Å². The topological polar surface area (TPSA) is 12.0 Å². The van der Waals surface area contributed by atoms with E-state index in [0.717, 1.165) is 30.5 Å². The van der Waals surface area contributed by atoms with Crippen molar-refractivity contribution in [2.24, 2.45) is 5.92 Å². The monoisotopic (exact) mass is 325 g/mol. The van der Waals surface area contributed by atoms with Crippen LogP contribution in [0.2, 0.25) is 10.0 Å². The van der Waals surface area contributed by atoms with E-state index in [1.807, 2.05) is 25.2 Å². The molecule has 0 fully saturated rings. The first-order valence-electron chi connectivity index (χ1n) is 6.92. The zero-order valence-electron chi connectivity index (χ0n) is 11.9. The molecule has 0 spiro atoms. The third-order valence-electron chi connectivity index (χ3n) is 3.45. The van der Waals surface area contributed by atoms with Gasteiger partial charge in [-0.25, -0.2) is 4.39 Å².